The van der Waals surface area contributed by atoms with E-state index in [0.29, 0.717) is 24.2 Å². The first-order valence-corrected chi connectivity index (χ1v) is 8.71. The molecule has 0 atom stereocenters. The van der Waals surface area contributed by atoms with E-state index in [1.54, 1.807) is 6.07 Å². The molecule has 0 aliphatic heterocycles. The van der Waals surface area contributed by atoms with Gasteiger partial charge in [0.1, 0.15) is 10.8 Å². The highest BCUT2D eigenvalue weighted by Crippen LogP contribution is 2.34. The average Bonchev–Trinajstić information content (AvgIpc) is 2.91. The lowest BCUT2D eigenvalue weighted by molar-refractivity contribution is -0.141. The molecule has 142 valence electrons. The zero-order valence-electron chi connectivity index (χ0n) is 14.4. The maximum absolute atomic E-state index is 13.0. The summed E-state index contributed by atoms with van der Waals surface area (Å²) in [5, 5.41) is 17.3. The number of alkyl halides is 3. The van der Waals surface area contributed by atoms with Crippen LogP contribution in [-0.4, -0.2) is 31.5 Å². The molecule has 0 amide bonds. The number of halogens is 4. The summed E-state index contributed by atoms with van der Waals surface area (Å²) in [6.07, 6.45) is 1.00. The van der Waals surface area contributed by atoms with Gasteiger partial charge in [0.25, 0.3) is 0 Å². The van der Waals surface area contributed by atoms with E-state index < -0.39 is 17.5 Å². The largest absolute Gasteiger partial charge is 0.435 e. The van der Waals surface area contributed by atoms with E-state index >= 15 is 0 Å². The zero-order valence-corrected chi connectivity index (χ0v) is 15.2. The van der Waals surface area contributed by atoms with Crippen LogP contribution in [0.2, 0.25) is 5.15 Å². The number of nitrogens with one attached hydrogen (secondary N) is 1. The highest BCUT2D eigenvalue weighted by molar-refractivity contribution is 6.29. The smallest absolute Gasteiger partial charge is 0.390 e. The summed E-state index contributed by atoms with van der Waals surface area (Å²) in [7, 11) is 0. The number of anilines is 1. The lowest BCUT2D eigenvalue weighted by Gasteiger charge is -2.34. The molecule has 2 aromatic heterocycles. The van der Waals surface area contributed by atoms with Crippen LogP contribution >= 0.6 is 11.6 Å². The van der Waals surface area contributed by atoms with Crippen molar-refractivity contribution in [1.29, 1.82) is 0 Å². The molecule has 2 aromatic rings. The Kier molecular flexibility index (Phi) is 4.92. The standard InChI is InChI=1S/C17H20ClF3N4O/c1-10-9-25(24-15(10)17(19,20)21)13-8-22-14(18)7-12(13)23-11-3-5-16(2,26)6-4-11/h7-9,11,26H,3-6H2,1-2H3,(H,22,23). The average molecular weight is 389 g/mol. The van der Waals surface area contributed by atoms with Crippen LogP contribution in [0.15, 0.2) is 18.5 Å². The molecule has 0 spiro atoms. The molecule has 1 aliphatic rings. The zero-order chi connectivity index (χ0) is 19.1. The second-order valence-corrected chi connectivity index (χ2v) is 7.43. The first-order valence-electron chi connectivity index (χ1n) is 8.33. The Morgan fingerprint density at radius 2 is 2.00 bits per heavy atom. The van der Waals surface area contributed by atoms with Gasteiger partial charge in [0.2, 0.25) is 0 Å². The van der Waals surface area contributed by atoms with Gasteiger partial charge >= 0.3 is 6.18 Å². The third-order valence-corrected chi connectivity index (χ3v) is 4.89. The van der Waals surface area contributed by atoms with Crippen LogP contribution in [0.4, 0.5) is 18.9 Å². The van der Waals surface area contributed by atoms with Crippen molar-refractivity contribution < 1.29 is 18.3 Å². The lowest BCUT2D eigenvalue weighted by atomic mass is 9.83. The number of nitrogens with zero attached hydrogens (tertiary/aromatic N) is 3. The summed E-state index contributed by atoms with van der Waals surface area (Å²) < 4.78 is 40.3. The minimum absolute atomic E-state index is 0.0344. The number of hydrogen-bond acceptors (Lipinski definition) is 4. The van der Waals surface area contributed by atoms with Gasteiger partial charge in [0.05, 0.1) is 17.5 Å². The molecule has 2 heterocycles. The van der Waals surface area contributed by atoms with Gasteiger partial charge in [-0.1, -0.05) is 11.6 Å². The molecule has 0 aromatic carbocycles. The van der Waals surface area contributed by atoms with Crippen molar-refractivity contribution in [1.82, 2.24) is 14.8 Å². The number of rotatable bonds is 3. The molecule has 1 saturated carbocycles. The number of aliphatic hydroxyl groups is 1. The Bertz CT molecular complexity index is 794. The van der Waals surface area contributed by atoms with E-state index in [9.17, 15) is 18.3 Å². The predicted octanol–water partition coefficient (Wildman–Crippen LogP) is 4.35. The third kappa shape index (κ3) is 4.12. The fourth-order valence-electron chi connectivity index (χ4n) is 3.19. The van der Waals surface area contributed by atoms with Crippen molar-refractivity contribution in [3.8, 4) is 5.69 Å². The van der Waals surface area contributed by atoms with Crippen LogP contribution in [-0.2, 0) is 6.18 Å². The van der Waals surface area contributed by atoms with Gasteiger partial charge in [0.15, 0.2) is 5.69 Å². The third-order valence-electron chi connectivity index (χ3n) is 4.68. The van der Waals surface area contributed by atoms with Gasteiger partial charge in [-0.3, -0.25) is 0 Å². The van der Waals surface area contributed by atoms with Gasteiger partial charge in [-0.05, 0) is 45.1 Å². The number of aryl methyl sites for hydroxylation is 1. The van der Waals surface area contributed by atoms with Gasteiger partial charge in [-0.15, -0.1) is 0 Å². The normalized spacial score (nSPS) is 23.9. The van der Waals surface area contributed by atoms with Crippen LogP contribution in [0.1, 0.15) is 43.9 Å². The maximum atomic E-state index is 13.0. The molecule has 3 rings (SSSR count). The van der Waals surface area contributed by atoms with Crippen molar-refractivity contribution in [2.75, 3.05) is 5.32 Å². The summed E-state index contributed by atoms with van der Waals surface area (Å²) in [4.78, 5) is 3.98. The van der Waals surface area contributed by atoms with Gasteiger partial charge in [0, 0.05) is 18.3 Å². The molecular formula is C17H20ClF3N4O. The Morgan fingerprint density at radius 1 is 1.35 bits per heavy atom. The van der Waals surface area contributed by atoms with E-state index in [0.717, 1.165) is 12.8 Å². The van der Waals surface area contributed by atoms with Crippen molar-refractivity contribution >= 4 is 17.3 Å². The quantitative estimate of drug-likeness (QED) is 0.767. The Balaban J connectivity index is 1.90. The number of hydrogen-bond donors (Lipinski definition) is 2. The molecule has 0 bridgehead atoms. The van der Waals surface area contributed by atoms with Crippen LogP contribution < -0.4 is 5.32 Å². The summed E-state index contributed by atoms with van der Waals surface area (Å²) in [5.74, 6) is 0. The summed E-state index contributed by atoms with van der Waals surface area (Å²) in [5.41, 5.74) is -0.602. The van der Waals surface area contributed by atoms with E-state index in [2.05, 4.69) is 15.4 Å². The molecule has 1 fully saturated rings. The van der Waals surface area contributed by atoms with Crippen LogP contribution in [0.5, 0.6) is 0 Å². The van der Waals surface area contributed by atoms with Gasteiger partial charge in [-0.2, -0.15) is 18.3 Å². The summed E-state index contributed by atoms with van der Waals surface area (Å²) in [6.45, 7) is 3.18. The summed E-state index contributed by atoms with van der Waals surface area (Å²) in [6, 6.07) is 1.67. The monoisotopic (exact) mass is 388 g/mol. The minimum Gasteiger partial charge on any atom is -0.390 e. The first kappa shape index (κ1) is 19.0. The molecule has 2 N–H and O–H groups in total. The second kappa shape index (κ2) is 6.74. The van der Waals surface area contributed by atoms with E-state index in [1.165, 1.54) is 24.0 Å². The van der Waals surface area contributed by atoms with Crippen LogP contribution in [0.25, 0.3) is 5.69 Å². The number of pyridine rings is 1. The predicted molar refractivity (Wildman–Crippen MR) is 92.6 cm³/mol. The minimum atomic E-state index is -4.52. The fraction of sp³-hybridized carbons (Fsp3) is 0.529. The Labute approximate surface area is 154 Å². The van der Waals surface area contributed by atoms with Crippen molar-refractivity contribution in [2.24, 2.45) is 0 Å². The van der Waals surface area contributed by atoms with Crippen LogP contribution in [0, 0.1) is 6.92 Å². The fourth-order valence-corrected chi connectivity index (χ4v) is 3.35. The molecule has 5 nitrogen and oxygen atoms in total. The molecule has 1 aliphatic carbocycles. The molecule has 9 heteroatoms. The molecular weight excluding hydrogens is 369 g/mol. The molecule has 0 radical (unpaired) electrons. The van der Waals surface area contributed by atoms with Crippen molar-refractivity contribution in [3.05, 3.63) is 34.9 Å². The van der Waals surface area contributed by atoms with Crippen molar-refractivity contribution in [3.63, 3.8) is 0 Å². The lowest BCUT2D eigenvalue weighted by Crippen LogP contribution is -2.35. The Hall–Kier alpha value is -1.80. The highest BCUT2D eigenvalue weighted by atomic mass is 35.5. The maximum Gasteiger partial charge on any atom is 0.435 e. The molecule has 0 saturated heterocycles. The topological polar surface area (TPSA) is 63.0 Å². The second-order valence-electron chi connectivity index (χ2n) is 7.04. The van der Waals surface area contributed by atoms with Crippen LogP contribution in [0.3, 0.4) is 0 Å². The Morgan fingerprint density at radius 3 is 2.58 bits per heavy atom. The molecule has 0 unspecified atom stereocenters. The van der Waals surface area contributed by atoms with E-state index in [-0.39, 0.29) is 16.8 Å². The van der Waals surface area contributed by atoms with Gasteiger partial charge in [-0.25, -0.2) is 9.67 Å². The SMILES string of the molecule is Cc1cn(-c2cnc(Cl)cc2NC2CCC(C)(O)CC2)nc1C(F)(F)F. The molecule has 26 heavy (non-hydrogen) atoms. The van der Waals surface area contributed by atoms with E-state index in [4.69, 9.17) is 11.6 Å². The number of aromatic nitrogens is 3. The van der Waals surface area contributed by atoms with Crippen molar-refractivity contribution in [2.45, 2.75) is 57.3 Å². The van der Waals surface area contributed by atoms with Gasteiger partial charge < -0.3 is 10.4 Å². The highest BCUT2D eigenvalue weighted by Gasteiger charge is 2.36. The first-order chi connectivity index (χ1) is 12.0. The summed E-state index contributed by atoms with van der Waals surface area (Å²) >= 11 is 5.98. The van der Waals surface area contributed by atoms with E-state index in [1.807, 2.05) is 6.92 Å².